The van der Waals surface area contributed by atoms with E-state index in [0.29, 0.717) is 0 Å². The second-order valence-electron chi connectivity index (χ2n) is 4.21. The van der Waals surface area contributed by atoms with Gasteiger partial charge in [0.1, 0.15) is 12.4 Å². The van der Waals surface area contributed by atoms with Crippen LogP contribution < -0.4 is 10.1 Å². The van der Waals surface area contributed by atoms with Crippen LogP contribution in [0.25, 0.3) is 11.1 Å². The summed E-state index contributed by atoms with van der Waals surface area (Å²) >= 11 is 0. The largest absolute Gasteiger partial charge is 0.492 e. The molecule has 1 aliphatic heterocycles. The van der Waals surface area contributed by atoms with Gasteiger partial charge < -0.3 is 10.1 Å². The Bertz CT molecular complexity index is 513. The van der Waals surface area contributed by atoms with Gasteiger partial charge in [0.15, 0.2) is 0 Å². The first kappa shape index (κ1) is 12.9. The van der Waals surface area contributed by atoms with Crippen molar-refractivity contribution >= 4 is 12.4 Å². The lowest BCUT2D eigenvalue weighted by molar-refractivity contribution is 0.326. The summed E-state index contributed by atoms with van der Waals surface area (Å²) in [6.45, 7) is 2.55. The van der Waals surface area contributed by atoms with Gasteiger partial charge in [-0.25, -0.2) is 0 Å². The number of fused-ring (bicyclic) bond motifs is 1. The average molecular weight is 262 g/mol. The summed E-state index contributed by atoms with van der Waals surface area (Å²) in [5.74, 6) is 1.01. The van der Waals surface area contributed by atoms with E-state index in [1.807, 2.05) is 6.07 Å². The Balaban J connectivity index is 0.00000120. The molecule has 0 unspecified atom stereocenters. The maximum Gasteiger partial charge on any atom is 0.124 e. The number of hydrogen-bond donors (Lipinski definition) is 1. The van der Waals surface area contributed by atoms with E-state index in [9.17, 15) is 0 Å². The average Bonchev–Trinajstić information content (AvgIpc) is 2.64. The number of rotatable bonds is 1. The third-order valence-corrected chi connectivity index (χ3v) is 3.03. The molecule has 3 heteroatoms. The lowest BCUT2D eigenvalue weighted by Crippen LogP contribution is -2.16. The van der Waals surface area contributed by atoms with Crippen molar-refractivity contribution in [3.8, 4) is 16.9 Å². The third kappa shape index (κ3) is 2.66. The fourth-order valence-corrected chi connectivity index (χ4v) is 2.10. The van der Waals surface area contributed by atoms with E-state index < -0.39 is 0 Å². The zero-order valence-electron chi connectivity index (χ0n) is 10.1. The highest BCUT2D eigenvalue weighted by Crippen LogP contribution is 2.28. The van der Waals surface area contributed by atoms with Crippen molar-refractivity contribution in [1.29, 1.82) is 0 Å². The van der Waals surface area contributed by atoms with E-state index >= 15 is 0 Å². The van der Waals surface area contributed by atoms with Crippen LogP contribution in [-0.2, 0) is 6.54 Å². The minimum atomic E-state index is 0. The van der Waals surface area contributed by atoms with Crippen molar-refractivity contribution in [3.05, 3.63) is 54.1 Å². The van der Waals surface area contributed by atoms with Crippen LogP contribution in [0.4, 0.5) is 0 Å². The molecule has 2 nitrogen and oxygen atoms in total. The second-order valence-corrected chi connectivity index (χ2v) is 4.21. The van der Waals surface area contributed by atoms with E-state index in [0.717, 1.165) is 25.4 Å². The monoisotopic (exact) mass is 261 g/mol. The zero-order valence-corrected chi connectivity index (χ0v) is 10.9. The molecule has 1 aliphatic rings. The van der Waals surface area contributed by atoms with Crippen LogP contribution in [-0.4, -0.2) is 13.2 Å². The van der Waals surface area contributed by atoms with Crippen molar-refractivity contribution in [2.24, 2.45) is 0 Å². The minimum absolute atomic E-state index is 0. The van der Waals surface area contributed by atoms with Crippen molar-refractivity contribution in [1.82, 2.24) is 5.32 Å². The van der Waals surface area contributed by atoms with Gasteiger partial charge in [-0.1, -0.05) is 42.5 Å². The molecule has 18 heavy (non-hydrogen) atoms. The minimum Gasteiger partial charge on any atom is -0.492 e. The van der Waals surface area contributed by atoms with Gasteiger partial charge >= 0.3 is 0 Å². The fourth-order valence-electron chi connectivity index (χ4n) is 2.10. The molecule has 0 aliphatic carbocycles. The van der Waals surface area contributed by atoms with Crippen LogP contribution in [0.3, 0.4) is 0 Å². The molecule has 2 aromatic rings. The number of benzene rings is 2. The summed E-state index contributed by atoms with van der Waals surface area (Å²) < 4.78 is 5.75. The molecule has 0 spiro atoms. The van der Waals surface area contributed by atoms with Crippen molar-refractivity contribution in [2.75, 3.05) is 13.2 Å². The van der Waals surface area contributed by atoms with Gasteiger partial charge in [-0.15, -0.1) is 12.4 Å². The summed E-state index contributed by atoms with van der Waals surface area (Å²) in [5.41, 5.74) is 3.68. The van der Waals surface area contributed by atoms with Crippen molar-refractivity contribution < 1.29 is 4.74 Å². The molecule has 1 N–H and O–H groups in total. The molecule has 0 bridgehead atoms. The molecular weight excluding hydrogens is 246 g/mol. The Morgan fingerprint density at radius 3 is 2.61 bits per heavy atom. The molecule has 0 atom stereocenters. The molecule has 94 valence electrons. The number of nitrogens with one attached hydrogen (secondary N) is 1. The summed E-state index contributed by atoms with van der Waals surface area (Å²) in [7, 11) is 0. The first-order valence-electron chi connectivity index (χ1n) is 5.95. The van der Waals surface area contributed by atoms with Crippen molar-refractivity contribution in [3.63, 3.8) is 0 Å². The normalized spacial score (nSPS) is 13.8. The Kier molecular flexibility index (Phi) is 4.24. The predicted molar refractivity (Wildman–Crippen MR) is 76.3 cm³/mol. The van der Waals surface area contributed by atoms with Gasteiger partial charge in [-0.05, 0) is 17.2 Å². The van der Waals surface area contributed by atoms with Gasteiger partial charge in [-0.2, -0.15) is 0 Å². The summed E-state index contributed by atoms with van der Waals surface area (Å²) in [6, 6.07) is 16.8. The van der Waals surface area contributed by atoms with Gasteiger partial charge in [-0.3, -0.25) is 0 Å². The number of ether oxygens (including phenoxy) is 1. The lowest BCUT2D eigenvalue weighted by Gasteiger charge is -2.09. The SMILES string of the molecule is Cl.c1ccc(-c2ccc3c(c2)OCCNC3)cc1. The van der Waals surface area contributed by atoms with Crippen LogP contribution >= 0.6 is 12.4 Å². The Morgan fingerprint density at radius 2 is 1.78 bits per heavy atom. The summed E-state index contributed by atoms with van der Waals surface area (Å²) in [4.78, 5) is 0. The molecule has 0 amide bonds. The molecule has 0 radical (unpaired) electrons. The van der Waals surface area contributed by atoms with Crippen molar-refractivity contribution in [2.45, 2.75) is 6.54 Å². The third-order valence-electron chi connectivity index (χ3n) is 3.03. The number of hydrogen-bond acceptors (Lipinski definition) is 2. The highest BCUT2D eigenvalue weighted by molar-refractivity contribution is 5.85. The van der Waals surface area contributed by atoms with Crippen LogP contribution in [0, 0.1) is 0 Å². The van der Waals surface area contributed by atoms with Crippen LogP contribution in [0.1, 0.15) is 5.56 Å². The van der Waals surface area contributed by atoms with Gasteiger partial charge in [0, 0.05) is 18.7 Å². The molecule has 0 saturated carbocycles. The molecule has 0 fully saturated rings. The van der Waals surface area contributed by atoms with Crippen LogP contribution in [0.2, 0.25) is 0 Å². The number of halogens is 1. The molecule has 3 rings (SSSR count). The quantitative estimate of drug-likeness (QED) is 0.851. The van der Waals surface area contributed by atoms with E-state index in [1.165, 1.54) is 16.7 Å². The molecule has 2 aromatic carbocycles. The standard InChI is InChI=1S/C15H15NO.ClH/c1-2-4-12(5-3-1)13-6-7-14-11-16-8-9-17-15(14)10-13;/h1-7,10,16H,8-9,11H2;1H. The lowest BCUT2D eigenvalue weighted by atomic mass is 10.0. The van der Waals surface area contributed by atoms with Gasteiger partial charge in [0.2, 0.25) is 0 Å². The second kappa shape index (κ2) is 5.89. The first-order valence-corrected chi connectivity index (χ1v) is 5.95. The topological polar surface area (TPSA) is 21.3 Å². The van der Waals surface area contributed by atoms with Gasteiger partial charge in [0.05, 0.1) is 0 Å². The molecular formula is C15H16ClNO. The molecule has 0 saturated heterocycles. The predicted octanol–water partition coefficient (Wildman–Crippen LogP) is 3.26. The zero-order chi connectivity index (χ0) is 11.5. The molecule has 1 heterocycles. The van der Waals surface area contributed by atoms with E-state index in [4.69, 9.17) is 4.74 Å². The maximum absolute atomic E-state index is 5.75. The van der Waals surface area contributed by atoms with Gasteiger partial charge in [0.25, 0.3) is 0 Å². The summed E-state index contributed by atoms with van der Waals surface area (Å²) in [5, 5.41) is 3.34. The molecule has 0 aromatic heterocycles. The Morgan fingerprint density at radius 1 is 0.944 bits per heavy atom. The Hall–Kier alpha value is -1.51. The fraction of sp³-hybridized carbons (Fsp3) is 0.200. The van der Waals surface area contributed by atoms with E-state index in [-0.39, 0.29) is 12.4 Å². The van der Waals surface area contributed by atoms with E-state index in [2.05, 4.69) is 47.8 Å². The summed E-state index contributed by atoms with van der Waals surface area (Å²) in [6.07, 6.45) is 0. The smallest absolute Gasteiger partial charge is 0.124 e. The highest BCUT2D eigenvalue weighted by Gasteiger charge is 2.09. The van der Waals surface area contributed by atoms with Crippen LogP contribution in [0.15, 0.2) is 48.5 Å². The maximum atomic E-state index is 5.75. The first-order chi connectivity index (χ1) is 8.43. The van der Waals surface area contributed by atoms with Crippen LogP contribution in [0.5, 0.6) is 5.75 Å². The Labute approximate surface area is 113 Å². The van der Waals surface area contributed by atoms with E-state index in [1.54, 1.807) is 0 Å². The highest BCUT2D eigenvalue weighted by atomic mass is 35.5.